The summed E-state index contributed by atoms with van der Waals surface area (Å²) >= 11 is 1.30. The van der Waals surface area contributed by atoms with Gasteiger partial charge in [0, 0.05) is 11.8 Å². The first-order chi connectivity index (χ1) is 14.0. The Kier molecular flexibility index (Phi) is 5.18. The molecule has 0 unspecified atom stereocenters. The van der Waals surface area contributed by atoms with E-state index < -0.39 is 17.5 Å². The molecule has 0 saturated heterocycles. The van der Waals surface area contributed by atoms with Gasteiger partial charge in [0.2, 0.25) is 0 Å². The molecule has 4 aromatic rings. The van der Waals surface area contributed by atoms with Gasteiger partial charge < -0.3 is 4.74 Å². The third-order valence-corrected chi connectivity index (χ3v) is 5.31. The highest BCUT2D eigenvalue weighted by Crippen LogP contribution is 2.33. The quantitative estimate of drug-likeness (QED) is 0.472. The van der Waals surface area contributed by atoms with Crippen molar-refractivity contribution in [3.8, 4) is 5.75 Å². The van der Waals surface area contributed by atoms with Crippen molar-refractivity contribution in [3.05, 3.63) is 83.7 Å². The maximum atomic E-state index is 13.7. The molecule has 0 radical (unpaired) electrons. The maximum absolute atomic E-state index is 13.7. The van der Waals surface area contributed by atoms with Crippen LogP contribution in [0, 0.1) is 11.6 Å². The summed E-state index contributed by atoms with van der Waals surface area (Å²) in [6, 6.07) is 13.9. The van der Waals surface area contributed by atoms with E-state index in [4.69, 9.17) is 4.74 Å². The van der Waals surface area contributed by atoms with Gasteiger partial charge >= 0.3 is 0 Å². The number of pyridine rings is 1. The van der Waals surface area contributed by atoms with E-state index in [2.05, 4.69) is 9.97 Å². The molecule has 0 N–H and O–H groups in total. The first-order valence-corrected chi connectivity index (χ1v) is 9.48. The second-order valence-electron chi connectivity index (χ2n) is 6.17. The van der Waals surface area contributed by atoms with Crippen LogP contribution in [0.15, 0.2) is 60.8 Å². The highest BCUT2D eigenvalue weighted by molar-refractivity contribution is 7.22. The molecule has 0 fully saturated rings. The molecule has 29 heavy (non-hydrogen) atoms. The summed E-state index contributed by atoms with van der Waals surface area (Å²) in [5, 5.41) is 0.425. The normalized spacial score (nSPS) is 10.9. The molecule has 0 aliphatic carbocycles. The minimum Gasteiger partial charge on any atom is -0.497 e. The average molecular weight is 411 g/mol. The van der Waals surface area contributed by atoms with E-state index in [0.29, 0.717) is 22.1 Å². The van der Waals surface area contributed by atoms with Crippen LogP contribution in [0.25, 0.3) is 10.2 Å². The number of carbonyl (C=O) groups is 1. The number of anilines is 1. The Morgan fingerprint density at radius 3 is 2.69 bits per heavy atom. The molecule has 0 aliphatic rings. The van der Waals surface area contributed by atoms with Gasteiger partial charge in [0.05, 0.1) is 29.6 Å². The summed E-state index contributed by atoms with van der Waals surface area (Å²) in [7, 11) is 1.57. The van der Waals surface area contributed by atoms with E-state index in [1.54, 1.807) is 37.6 Å². The fourth-order valence-corrected chi connectivity index (χ4v) is 3.79. The smallest absolute Gasteiger partial charge is 0.260 e. The van der Waals surface area contributed by atoms with Gasteiger partial charge in [-0.3, -0.25) is 14.7 Å². The lowest BCUT2D eigenvalue weighted by Gasteiger charge is -2.19. The van der Waals surface area contributed by atoms with Gasteiger partial charge in [-0.05, 0) is 48.5 Å². The summed E-state index contributed by atoms with van der Waals surface area (Å²) in [6.07, 6.45) is 1.62. The SMILES string of the molecule is COc1ccc2nc(N(Cc3ccccn3)C(=O)c3ccc(F)c(F)c3)sc2c1. The van der Waals surface area contributed by atoms with Crippen LogP contribution in [0.5, 0.6) is 5.75 Å². The number of rotatable bonds is 5. The van der Waals surface area contributed by atoms with Crippen molar-refractivity contribution in [1.82, 2.24) is 9.97 Å². The Labute approximate surface area is 169 Å². The standard InChI is InChI=1S/C21H15F2N3O2S/c1-28-15-6-8-18-19(11-15)29-21(25-18)26(12-14-4-2-3-9-24-14)20(27)13-5-7-16(22)17(23)10-13/h2-11H,12H2,1H3. The van der Waals surface area contributed by atoms with Crippen molar-refractivity contribution in [2.45, 2.75) is 6.54 Å². The molecule has 0 bridgehead atoms. The van der Waals surface area contributed by atoms with E-state index in [1.807, 2.05) is 12.1 Å². The molecule has 2 heterocycles. The predicted octanol–water partition coefficient (Wildman–Crippen LogP) is 4.83. The van der Waals surface area contributed by atoms with E-state index in [1.165, 1.54) is 22.3 Å². The van der Waals surface area contributed by atoms with Gasteiger partial charge in [0.25, 0.3) is 5.91 Å². The fraction of sp³-hybridized carbons (Fsp3) is 0.0952. The third kappa shape index (κ3) is 3.93. The van der Waals surface area contributed by atoms with Crippen molar-refractivity contribution in [2.24, 2.45) is 0 Å². The molecular weight excluding hydrogens is 396 g/mol. The van der Waals surface area contributed by atoms with E-state index in [9.17, 15) is 13.6 Å². The van der Waals surface area contributed by atoms with Crippen LogP contribution in [-0.2, 0) is 6.54 Å². The van der Waals surface area contributed by atoms with Crippen LogP contribution in [-0.4, -0.2) is 23.0 Å². The van der Waals surface area contributed by atoms with Crippen molar-refractivity contribution in [3.63, 3.8) is 0 Å². The van der Waals surface area contributed by atoms with E-state index in [0.717, 1.165) is 16.8 Å². The molecular formula is C21H15F2N3O2S. The minimum atomic E-state index is -1.08. The molecule has 8 heteroatoms. The summed E-state index contributed by atoms with van der Waals surface area (Å²) in [6.45, 7) is 0.135. The van der Waals surface area contributed by atoms with Crippen LogP contribution in [0.1, 0.15) is 16.1 Å². The van der Waals surface area contributed by atoms with Crippen LogP contribution >= 0.6 is 11.3 Å². The molecule has 2 aromatic heterocycles. The molecule has 2 aromatic carbocycles. The van der Waals surface area contributed by atoms with Gasteiger partial charge in [0.1, 0.15) is 5.75 Å². The largest absolute Gasteiger partial charge is 0.497 e. The Bertz CT molecular complexity index is 1180. The van der Waals surface area contributed by atoms with Crippen molar-refractivity contribution >= 4 is 32.6 Å². The zero-order valence-corrected chi connectivity index (χ0v) is 16.1. The van der Waals surface area contributed by atoms with Crippen LogP contribution in [0.4, 0.5) is 13.9 Å². The zero-order chi connectivity index (χ0) is 20.4. The second kappa shape index (κ2) is 7.92. The number of carbonyl (C=O) groups excluding carboxylic acids is 1. The lowest BCUT2D eigenvalue weighted by atomic mass is 10.2. The first-order valence-electron chi connectivity index (χ1n) is 8.66. The highest BCUT2D eigenvalue weighted by Gasteiger charge is 2.23. The Morgan fingerprint density at radius 1 is 1.10 bits per heavy atom. The van der Waals surface area contributed by atoms with Gasteiger partial charge in [-0.25, -0.2) is 13.8 Å². The molecule has 146 valence electrons. The number of fused-ring (bicyclic) bond motifs is 1. The van der Waals surface area contributed by atoms with E-state index >= 15 is 0 Å². The number of benzene rings is 2. The van der Waals surface area contributed by atoms with Gasteiger partial charge in [0.15, 0.2) is 16.8 Å². The maximum Gasteiger partial charge on any atom is 0.260 e. The Morgan fingerprint density at radius 2 is 1.97 bits per heavy atom. The third-order valence-electron chi connectivity index (χ3n) is 4.27. The lowest BCUT2D eigenvalue weighted by Crippen LogP contribution is -2.30. The summed E-state index contributed by atoms with van der Waals surface area (Å²) in [4.78, 5) is 23.4. The van der Waals surface area contributed by atoms with Gasteiger partial charge in [-0.2, -0.15) is 0 Å². The van der Waals surface area contributed by atoms with Crippen LogP contribution < -0.4 is 9.64 Å². The number of hydrogen-bond acceptors (Lipinski definition) is 5. The molecule has 0 atom stereocenters. The zero-order valence-electron chi connectivity index (χ0n) is 15.3. The molecule has 0 spiro atoms. The first kappa shape index (κ1) is 18.9. The molecule has 1 amide bonds. The molecule has 5 nitrogen and oxygen atoms in total. The van der Waals surface area contributed by atoms with Gasteiger partial charge in [-0.1, -0.05) is 17.4 Å². The monoisotopic (exact) mass is 411 g/mol. The summed E-state index contributed by atoms with van der Waals surface area (Å²) in [5.74, 6) is -1.91. The average Bonchev–Trinajstić information content (AvgIpc) is 3.17. The summed E-state index contributed by atoms with van der Waals surface area (Å²) in [5.41, 5.74) is 1.37. The van der Waals surface area contributed by atoms with Crippen molar-refractivity contribution in [1.29, 1.82) is 0 Å². The molecule has 0 saturated carbocycles. The number of halogens is 2. The number of nitrogens with zero attached hydrogens (tertiary/aromatic N) is 3. The Hall–Kier alpha value is -3.39. The number of hydrogen-bond donors (Lipinski definition) is 0. The second-order valence-corrected chi connectivity index (χ2v) is 7.18. The number of amides is 1. The Balaban J connectivity index is 1.77. The fourth-order valence-electron chi connectivity index (χ4n) is 2.80. The van der Waals surface area contributed by atoms with Crippen LogP contribution in [0.2, 0.25) is 0 Å². The topological polar surface area (TPSA) is 55.3 Å². The molecule has 0 aliphatic heterocycles. The van der Waals surface area contributed by atoms with E-state index in [-0.39, 0.29) is 12.1 Å². The predicted molar refractivity (Wildman–Crippen MR) is 107 cm³/mol. The van der Waals surface area contributed by atoms with Crippen molar-refractivity contribution < 1.29 is 18.3 Å². The summed E-state index contributed by atoms with van der Waals surface area (Å²) < 4.78 is 33.1. The lowest BCUT2D eigenvalue weighted by molar-refractivity contribution is 0.0984. The number of thiazole rings is 1. The number of aromatic nitrogens is 2. The van der Waals surface area contributed by atoms with Gasteiger partial charge in [-0.15, -0.1) is 0 Å². The highest BCUT2D eigenvalue weighted by atomic mass is 32.1. The molecule has 4 rings (SSSR count). The number of ether oxygens (including phenoxy) is 1. The minimum absolute atomic E-state index is 0.0247. The van der Waals surface area contributed by atoms with Crippen LogP contribution in [0.3, 0.4) is 0 Å². The number of methoxy groups -OCH3 is 1. The van der Waals surface area contributed by atoms with Crippen molar-refractivity contribution in [2.75, 3.05) is 12.0 Å².